The van der Waals surface area contributed by atoms with Gasteiger partial charge in [-0.05, 0) is 12.8 Å². The van der Waals surface area contributed by atoms with Crippen molar-refractivity contribution in [2.45, 2.75) is 32.3 Å². The fourth-order valence-corrected chi connectivity index (χ4v) is 0.584. The van der Waals surface area contributed by atoms with Gasteiger partial charge in [0.1, 0.15) is 6.10 Å². The maximum atomic E-state index is 10.7. The van der Waals surface area contributed by atoms with Gasteiger partial charge in [0.25, 0.3) is 0 Å². The Hall–Kier alpha value is -0.530. The van der Waals surface area contributed by atoms with Gasteiger partial charge in [-0.2, -0.15) is 0 Å². The van der Waals surface area contributed by atoms with Crippen LogP contribution in [0.5, 0.6) is 0 Å². The molecule has 2 heteroatoms. The first-order valence-corrected chi connectivity index (χ1v) is 3.35. The molecule has 0 aromatic rings. The Kier molecular flexibility index (Phi) is 2.09. The van der Waals surface area contributed by atoms with E-state index in [1.165, 1.54) is 0 Å². The van der Waals surface area contributed by atoms with Gasteiger partial charge in [-0.1, -0.05) is 6.92 Å². The molecule has 9 heavy (non-hydrogen) atoms. The summed E-state index contributed by atoms with van der Waals surface area (Å²) in [6.07, 6.45) is 4.53. The summed E-state index contributed by atoms with van der Waals surface area (Å²) in [5, 5.41) is 0. The summed E-state index contributed by atoms with van der Waals surface area (Å²) < 4.78 is 4.91. The summed E-state index contributed by atoms with van der Waals surface area (Å²) in [4.78, 5) is 10.7. The van der Waals surface area contributed by atoms with Crippen LogP contribution in [0.25, 0.3) is 0 Å². The molecule has 0 spiro atoms. The topological polar surface area (TPSA) is 26.3 Å². The van der Waals surface area contributed by atoms with Crippen LogP contribution in [0.1, 0.15) is 26.2 Å². The average molecular weight is 127 g/mol. The first-order chi connectivity index (χ1) is 4.33. The van der Waals surface area contributed by atoms with E-state index in [9.17, 15) is 4.79 Å². The molecule has 1 rings (SSSR count). The summed E-state index contributed by atoms with van der Waals surface area (Å²) in [6.45, 7) is 1.97. The molecule has 1 aliphatic rings. The van der Waals surface area contributed by atoms with E-state index >= 15 is 0 Å². The van der Waals surface area contributed by atoms with Crippen molar-refractivity contribution in [3.63, 3.8) is 0 Å². The van der Waals surface area contributed by atoms with Crippen LogP contribution in [-0.4, -0.2) is 12.1 Å². The van der Waals surface area contributed by atoms with Crippen LogP contribution in [0.4, 0.5) is 0 Å². The Labute approximate surface area is 55.2 Å². The molecule has 1 atom stereocenters. The molecular weight excluding hydrogens is 116 g/mol. The minimum absolute atomic E-state index is 0.0590. The lowest BCUT2D eigenvalue weighted by atomic mass is 10.3. The highest BCUT2D eigenvalue weighted by Gasteiger charge is 2.25. The zero-order chi connectivity index (χ0) is 6.69. The zero-order valence-electron chi connectivity index (χ0n) is 5.59. The summed E-state index contributed by atoms with van der Waals surface area (Å²) >= 11 is 0. The first kappa shape index (κ1) is 6.59. The monoisotopic (exact) mass is 127 g/mol. The van der Waals surface area contributed by atoms with Gasteiger partial charge < -0.3 is 4.74 Å². The molecule has 1 saturated carbocycles. The number of hydrogen-bond acceptors (Lipinski definition) is 2. The van der Waals surface area contributed by atoms with Gasteiger partial charge in [-0.3, -0.25) is 4.79 Å². The molecule has 1 aliphatic carbocycles. The summed E-state index contributed by atoms with van der Waals surface area (Å²) in [6, 6.07) is 0. The van der Waals surface area contributed by atoms with Crippen molar-refractivity contribution in [3.8, 4) is 0 Å². The van der Waals surface area contributed by atoms with Crippen LogP contribution in [-0.2, 0) is 9.53 Å². The van der Waals surface area contributed by atoms with Crippen LogP contribution < -0.4 is 0 Å². The molecular formula is C7H11O2. The Morgan fingerprint density at radius 1 is 1.89 bits per heavy atom. The Morgan fingerprint density at radius 3 is 3.00 bits per heavy atom. The van der Waals surface area contributed by atoms with Crippen molar-refractivity contribution in [1.82, 2.24) is 0 Å². The molecule has 1 radical (unpaired) electrons. The van der Waals surface area contributed by atoms with Gasteiger partial charge >= 0.3 is 5.97 Å². The van der Waals surface area contributed by atoms with Crippen LogP contribution in [0.15, 0.2) is 0 Å². The number of carbonyl (C=O) groups excluding carboxylic acids is 1. The van der Waals surface area contributed by atoms with Gasteiger partial charge in [-0.25, -0.2) is 0 Å². The van der Waals surface area contributed by atoms with Gasteiger partial charge in [0, 0.05) is 12.8 Å². The molecule has 2 nitrogen and oxygen atoms in total. The highest BCUT2D eigenvalue weighted by molar-refractivity contribution is 5.69. The van der Waals surface area contributed by atoms with E-state index < -0.39 is 0 Å². The Morgan fingerprint density at radius 2 is 2.56 bits per heavy atom. The molecule has 0 aromatic heterocycles. The molecule has 51 valence electrons. The van der Waals surface area contributed by atoms with Gasteiger partial charge in [-0.15, -0.1) is 0 Å². The molecule has 0 saturated heterocycles. The fourth-order valence-electron chi connectivity index (χ4n) is 0.584. The van der Waals surface area contributed by atoms with Crippen molar-refractivity contribution < 1.29 is 9.53 Å². The third-order valence-corrected chi connectivity index (χ3v) is 1.17. The minimum atomic E-state index is -0.0590. The highest BCUT2D eigenvalue weighted by atomic mass is 16.5. The molecule has 0 aliphatic heterocycles. The fraction of sp³-hybridized carbons (Fsp3) is 0.714. The zero-order valence-corrected chi connectivity index (χ0v) is 5.59. The third kappa shape index (κ3) is 2.49. The van der Waals surface area contributed by atoms with Crippen molar-refractivity contribution >= 4 is 5.97 Å². The van der Waals surface area contributed by atoms with E-state index in [2.05, 4.69) is 0 Å². The van der Waals surface area contributed by atoms with E-state index in [4.69, 9.17) is 4.74 Å². The second-order valence-corrected chi connectivity index (χ2v) is 2.25. The molecule has 0 aromatic carbocycles. The van der Waals surface area contributed by atoms with Crippen molar-refractivity contribution in [2.75, 3.05) is 0 Å². The predicted octanol–water partition coefficient (Wildman–Crippen LogP) is 1.31. The lowest BCUT2D eigenvalue weighted by Gasteiger charge is -1.98. The lowest BCUT2D eigenvalue weighted by Crippen LogP contribution is -2.04. The molecule has 0 amide bonds. The smallest absolute Gasteiger partial charge is 0.306 e. The normalized spacial score (nSPS) is 17.4. The van der Waals surface area contributed by atoms with Crippen molar-refractivity contribution in [1.29, 1.82) is 0 Å². The maximum Gasteiger partial charge on any atom is 0.306 e. The third-order valence-electron chi connectivity index (χ3n) is 1.17. The average Bonchev–Trinajstić information content (AvgIpc) is 2.50. The summed E-state index contributed by atoms with van der Waals surface area (Å²) in [5.41, 5.74) is 0. The number of rotatable bonds is 3. The quantitative estimate of drug-likeness (QED) is 0.534. The molecule has 1 fully saturated rings. The predicted molar refractivity (Wildman–Crippen MR) is 33.7 cm³/mol. The van der Waals surface area contributed by atoms with E-state index in [0.29, 0.717) is 6.42 Å². The maximum absolute atomic E-state index is 10.7. The standard InChI is InChI=1S/C7H11O2/c1-2-3-7(8)9-6-4-5-6/h4,6H,2-3,5H2,1H3. The van der Waals surface area contributed by atoms with Crippen LogP contribution in [0.2, 0.25) is 0 Å². The van der Waals surface area contributed by atoms with E-state index in [1.54, 1.807) is 0 Å². The number of esters is 1. The van der Waals surface area contributed by atoms with Gasteiger partial charge in [0.05, 0.1) is 0 Å². The van der Waals surface area contributed by atoms with Gasteiger partial charge in [0.2, 0.25) is 0 Å². The van der Waals surface area contributed by atoms with Crippen LogP contribution >= 0.6 is 0 Å². The number of ether oxygens (including phenoxy) is 1. The molecule has 0 bridgehead atoms. The van der Waals surface area contributed by atoms with E-state index in [1.807, 2.05) is 13.3 Å². The highest BCUT2D eigenvalue weighted by Crippen LogP contribution is 2.22. The largest absolute Gasteiger partial charge is 0.462 e. The second kappa shape index (κ2) is 2.85. The van der Waals surface area contributed by atoms with Crippen molar-refractivity contribution in [3.05, 3.63) is 6.42 Å². The lowest BCUT2D eigenvalue weighted by molar-refractivity contribution is -0.144. The SMILES string of the molecule is CCCC(=O)OC1[CH]C1. The van der Waals surface area contributed by atoms with Gasteiger partial charge in [0.15, 0.2) is 0 Å². The first-order valence-electron chi connectivity index (χ1n) is 3.35. The second-order valence-electron chi connectivity index (χ2n) is 2.25. The van der Waals surface area contributed by atoms with E-state index in [0.717, 1.165) is 12.8 Å². The Bertz CT molecular complexity index is 105. The summed E-state index contributed by atoms with van der Waals surface area (Å²) in [7, 11) is 0. The van der Waals surface area contributed by atoms with Crippen LogP contribution in [0, 0.1) is 6.42 Å². The number of carbonyl (C=O) groups is 1. The van der Waals surface area contributed by atoms with Crippen LogP contribution in [0.3, 0.4) is 0 Å². The summed E-state index contributed by atoms with van der Waals surface area (Å²) in [5.74, 6) is -0.0590. The van der Waals surface area contributed by atoms with E-state index in [-0.39, 0.29) is 12.1 Å². The molecule has 1 unspecified atom stereocenters. The molecule has 0 N–H and O–H groups in total. The Balaban J connectivity index is 2.02. The van der Waals surface area contributed by atoms with Crippen molar-refractivity contribution in [2.24, 2.45) is 0 Å². The minimum Gasteiger partial charge on any atom is -0.462 e. The molecule has 0 heterocycles. The number of hydrogen-bond donors (Lipinski definition) is 0.